The molecule has 1 aliphatic heterocycles. The number of thiophene rings is 1. The molecular weight excluding hydrogens is 350 g/mol. The predicted molar refractivity (Wildman–Crippen MR) is 96.5 cm³/mol. The quantitative estimate of drug-likeness (QED) is 0.870. The number of piperidine rings is 1. The highest BCUT2D eigenvalue weighted by atomic mass is 32.1. The maximum atomic E-state index is 13.5. The van der Waals surface area contributed by atoms with E-state index < -0.39 is 5.60 Å². The molecule has 1 saturated carbocycles. The van der Waals surface area contributed by atoms with Gasteiger partial charge in [0.05, 0.1) is 11.2 Å². The number of hydrogen-bond acceptors (Lipinski definition) is 6. The largest absolute Gasteiger partial charge is 0.389 e. The molecule has 0 aromatic carbocycles. The summed E-state index contributed by atoms with van der Waals surface area (Å²) >= 11 is 1.64. The van der Waals surface area contributed by atoms with Crippen LogP contribution in [0.4, 0.5) is 0 Å². The molecule has 0 unspecified atom stereocenters. The van der Waals surface area contributed by atoms with Crippen molar-refractivity contribution >= 4 is 17.2 Å². The predicted octanol–water partition coefficient (Wildman–Crippen LogP) is 1.98. The number of carbonyl (C=O) groups excluding carboxylic acids is 1. The van der Waals surface area contributed by atoms with Crippen molar-refractivity contribution in [3.8, 4) is 5.00 Å². The van der Waals surface area contributed by atoms with Gasteiger partial charge in [0.2, 0.25) is 0 Å². The molecule has 2 fully saturated rings. The molecule has 1 saturated heterocycles. The van der Waals surface area contributed by atoms with Gasteiger partial charge in [-0.2, -0.15) is 4.68 Å². The minimum Gasteiger partial charge on any atom is -0.389 e. The zero-order valence-corrected chi connectivity index (χ0v) is 15.5. The van der Waals surface area contributed by atoms with E-state index in [9.17, 15) is 9.90 Å². The molecule has 2 aromatic heterocycles. The van der Waals surface area contributed by atoms with Crippen LogP contribution < -0.4 is 0 Å². The lowest BCUT2D eigenvalue weighted by Gasteiger charge is -2.47. The summed E-state index contributed by atoms with van der Waals surface area (Å²) in [7, 11) is 0. The Hall–Kier alpha value is -1.80. The van der Waals surface area contributed by atoms with Crippen molar-refractivity contribution in [2.45, 2.75) is 57.0 Å². The second-order valence-corrected chi connectivity index (χ2v) is 8.92. The third-order valence-corrected chi connectivity index (χ3v) is 7.67. The van der Waals surface area contributed by atoms with Gasteiger partial charge in [0.15, 0.2) is 0 Å². The van der Waals surface area contributed by atoms with E-state index >= 15 is 0 Å². The summed E-state index contributed by atoms with van der Waals surface area (Å²) in [5.41, 5.74) is 1.41. The molecule has 8 heteroatoms. The van der Waals surface area contributed by atoms with E-state index in [1.165, 1.54) is 10.4 Å². The average Bonchev–Trinajstić information content (AvgIpc) is 3.36. The molecule has 138 valence electrons. The monoisotopic (exact) mass is 373 g/mol. The number of hydrogen-bond donors (Lipinski definition) is 1. The molecule has 26 heavy (non-hydrogen) atoms. The summed E-state index contributed by atoms with van der Waals surface area (Å²) < 4.78 is 1.62. The number of likely N-dealkylation sites (tertiary alicyclic amines) is 1. The van der Waals surface area contributed by atoms with Crippen LogP contribution in [0.25, 0.3) is 5.00 Å². The van der Waals surface area contributed by atoms with Crippen LogP contribution in [0.3, 0.4) is 0 Å². The Kier molecular flexibility index (Phi) is 3.86. The molecule has 5 rings (SSSR count). The Labute approximate surface area is 156 Å². The summed E-state index contributed by atoms with van der Waals surface area (Å²) in [6.45, 7) is 1.29. The fourth-order valence-corrected chi connectivity index (χ4v) is 6.24. The Bertz CT molecular complexity index is 833. The Balaban J connectivity index is 1.48. The zero-order chi connectivity index (χ0) is 17.7. The zero-order valence-electron chi connectivity index (χ0n) is 14.7. The van der Waals surface area contributed by atoms with E-state index in [1.54, 1.807) is 22.3 Å². The van der Waals surface area contributed by atoms with Crippen molar-refractivity contribution in [1.29, 1.82) is 0 Å². The van der Waals surface area contributed by atoms with Gasteiger partial charge in [0, 0.05) is 23.9 Å². The van der Waals surface area contributed by atoms with Crippen molar-refractivity contribution in [2.75, 3.05) is 13.1 Å². The summed E-state index contributed by atoms with van der Waals surface area (Å²) in [5, 5.41) is 23.3. The highest BCUT2D eigenvalue weighted by molar-refractivity contribution is 7.15. The van der Waals surface area contributed by atoms with Crippen LogP contribution in [0.2, 0.25) is 0 Å². The van der Waals surface area contributed by atoms with E-state index in [1.807, 2.05) is 4.90 Å². The number of carbonyl (C=O) groups is 1. The second-order valence-electron chi connectivity index (χ2n) is 7.84. The van der Waals surface area contributed by atoms with Gasteiger partial charge in [-0.1, -0.05) is 12.8 Å². The maximum Gasteiger partial charge on any atom is 0.257 e. The molecule has 7 nitrogen and oxygen atoms in total. The van der Waals surface area contributed by atoms with Crippen LogP contribution in [0.15, 0.2) is 6.33 Å². The summed E-state index contributed by atoms with van der Waals surface area (Å²) in [6.07, 6.45) is 9.50. The first kappa shape index (κ1) is 16.4. The highest BCUT2D eigenvalue weighted by Gasteiger charge is 2.44. The van der Waals surface area contributed by atoms with Crippen LogP contribution in [-0.4, -0.2) is 54.8 Å². The van der Waals surface area contributed by atoms with E-state index in [-0.39, 0.29) is 11.8 Å². The average molecular weight is 373 g/mol. The Morgan fingerprint density at radius 3 is 3.04 bits per heavy atom. The standard InChI is InChI=1S/C18H23N5O2S/c24-16(22-9-8-18(25)7-2-1-4-12(18)10-22)15-13-5-3-6-14(13)26-17(15)23-11-19-20-21-23/h11-12,25H,1-10H2/t12-,18+/m0/s1. The summed E-state index contributed by atoms with van der Waals surface area (Å²) in [6, 6.07) is 0. The molecule has 1 amide bonds. The smallest absolute Gasteiger partial charge is 0.257 e. The number of fused-ring (bicyclic) bond motifs is 2. The van der Waals surface area contributed by atoms with Gasteiger partial charge in [0.25, 0.3) is 5.91 Å². The SMILES string of the molecule is O=C(c1c(-n2cnnn2)sc2c1CCC2)N1CC[C@]2(O)CCCC[C@H]2C1. The fraction of sp³-hybridized carbons (Fsp3) is 0.667. The maximum absolute atomic E-state index is 13.5. The van der Waals surface area contributed by atoms with Crippen molar-refractivity contribution in [2.24, 2.45) is 5.92 Å². The number of rotatable bonds is 2. The number of aryl methyl sites for hydroxylation is 1. The number of tetrazole rings is 1. The molecule has 2 atom stereocenters. The number of amides is 1. The lowest BCUT2D eigenvalue weighted by Crippen LogP contribution is -2.54. The second kappa shape index (κ2) is 6.13. The Morgan fingerprint density at radius 1 is 1.27 bits per heavy atom. The van der Waals surface area contributed by atoms with E-state index in [2.05, 4.69) is 15.5 Å². The molecule has 3 heterocycles. The lowest BCUT2D eigenvalue weighted by molar-refractivity contribution is -0.0886. The Morgan fingerprint density at radius 2 is 2.19 bits per heavy atom. The molecule has 0 radical (unpaired) electrons. The van der Waals surface area contributed by atoms with Gasteiger partial charge in [-0.3, -0.25) is 4.79 Å². The molecule has 1 N–H and O–H groups in total. The highest BCUT2D eigenvalue weighted by Crippen LogP contribution is 2.42. The molecular formula is C18H23N5O2S. The van der Waals surface area contributed by atoms with Crippen LogP contribution in [-0.2, 0) is 12.8 Å². The van der Waals surface area contributed by atoms with Crippen molar-refractivity contribution in [3.05, 3.63) is 22.3 Å². The van der Waals surface area contributed by atoms with Gasteiger partial charge >= 0.3 is 0 Å². The first-order valence-electron chi connectivity index (χ1n) is 9.55. The topological polar surface area (TPSA) is 84.1 Å². The van der Waals surface area contributed by atoms with Gasteiger partial charge in [-0.05, 0) is 54.5 Å². The third-order valence-electron chi connectivity index (χ3n) is 6.39. The van der Waals surface area contributed by atoms with E-state index in [0.29, 0.717) is 19.5 Å². The van der Waals surface area contributed by atoms with Gasteiger partial charge in [-0.25, -0.2) is 0 Å². The summed E-state index contributed by atoms with van der Waals surface area (Å²) in [4.78, 5) is 16.7. The molecule has 2 aromatic rings. The number of aromatic nitrogens is 4. The molecule has 0 spiro atoms. The van der Waals surface area contributed by atoms with Crippen LogP contribution in [0, 0.1) is 5.92 Å². The van der Waals surface area contributed by atoms with Crippen molar-refractivity contribution in [1.82, 2.24) is 25.1 Å². The van der Waals surface area contributed by atoms with E-state index in [0.717, 1.165) is 55.5 Å². The van der Waals surface area contributed by atoms with Gasteiger partial charge in [0.1, 0.15) is 11.3 Å². The normalized spacial score (nSPS) is 28.0. The molecule has 0 bridgehead atoms. The number of aliphatic hydroxyl groups is 1. The van der Waals surface area contributed by atoms with Gasteiger partial charge in [-0.15, -0.1) is 16.4 Å². The first-order valence-corrected chi connectivity index (χ1v) is 10.4. The minimum absolute atomic E-state index is 0.0857. The van der Waals surface area contributed by atoms with Crippen molar-refractivity contribution < 1.29 is 9.90 Å². The summed E-state index contributed by atoms with van der Waals surface area (Å²) in [5.74, 6) is 0.291. The first-order chi connectivity index (χ1) is 12.7. The molecule has 2 aliphatic carbocycles. The molecule has 3 aliphatic rings. The number of nitrogens with zero attached hydrogens (tertiary/aromatic N) is 5. The van der Waals surface area contributed by atoms with Crippen molar-refractivity contribution in [3.63, 3.8) is 0 Å². The van der Waals surface area contributed by atoms with Gasteiger partial charge < -0.3 is 10.0 Å². The lowest BCUT2D eigenvalue weighted by atomic mass is 9.71. The fourth-order valence-electron chi connectivity index (χ4n) is 4.94. The minimum atomic E-state index is -0.565. The van der Waals surface area contributed by atoms with E-state index in [4.69, 9.17) is 0 Å². The van der Waals surface area contributed by atoms with Crippen LogP contribution in [0.1, 0.15) is 59.3 Å². The van der Waals surface area contributed by atoms with Crippen LogP contribution >= 0.6 is 11.3 Å². The third kappa shape index (κ3) is 2.50. The van der Waals surface area contributed by atoms with Crippen LogP contribution in [0.5, 0.6) is 0 Å².